The summed E-state index contributed by atoms with van der Waals surface area (Å²) in [6, 6.07) is 5.73. The Balaban J connectivity index is 1.77. The average Bonchev–Trinajstić information content (AvgIpc) is 2.93. The summed E-state index contributed by atoms with van der Waals surface area (Å²) in [6.45, 7) is 5.91. The molecule has 1 amide bonds. The van der Waals surface area contributed by atoms with Gasteiger partial charge in [0.15, 0.2) is 5.82 Å². The fourth-order valence-electron chi connectivity index (χ4n) is 2.33. The number of carbonyl (C=O) groups excluding carboxylic acids is 1. The minimum atomic E-state index is -0.0725. The van der Waals surface area contributed by atoms with Crippen LogP contribution in [0.5, 0.6) is 0 Å². The zero-order chi connectivity index (χ0) is 14.8. The van der Waals surface area contributed by atoms with E-state index < -0.39 is 0 Å². The Labute approximate surface area is 123 Å². The summed E-state index contributed by atoms with van der Waals surface area (Å²) in [5, 5.41) is 11.1. The van der Waals surface area contributed by atoms with Crippen molar-refractivity contribution < 1.29 is 4.79 Å². The quantitative estimate of drug-likeness (QED) is 0.916. The van der Waals surface area contributed by atoms with Crippen LogP contribution in [0.3, 0.4) is 0 Å². The van der Waals surface area contributed by atoms with Crippen molar-refractivity contribution in [1.82, 2.24) is 24.6 Å². The zero-order valence-electron chi connectivity index (χ0n) is 12.2. The molecule has 0 spiro atoms. The lowest BCUT2D eigenvalue weighted by Crippen LogP contribution is -2.38. The lowest BCUT2D eigenvalue weighted by molar-refractivity contribution is 0.0701. The third-order valence-electron chi connectivity index (χ3n) is 3.33. The number of amides is 1. The van der Waals surface area contributed by atoms with E-state index in [0.717, 1.165) is 18.2 Å². The maximum Gasteiger partial charge on any atom is 0.273 e. The molecule has 0 fully saturated rings. The highest BCUT2D eigenvalue weighted by molar-refractivity contribution is 5.92. The van der Waals surface area contributed by atoms with Gasteiger partial charge in [-0.15, -0.1) is 10.2 Å². The Kier molecular flexibility index (Phi) is 3.55. The minimum Gasteiger partial charge on any atom is -0.368 e. The Hall–Kier alpha value is -2.44. The SMILES string of the molecule is CC(C)Nc1cccc(C(=O)N2CCn3cnnc3C2)n1. The lowest BCUT2D eigenvalue weighted by atomic mass is 10.2. The third-order valence-corrected chi connectivity index (χ3v) is 3.33. The number of aromatic nitrogens is 4. The van der Waals surface area contributed by atoms with Crippen LogP contribution >= 0.6 is 0 Å². The van der Waals surface area contributed by atoms with Crippen LogP contribution < -0.4 is 5.32 Å². The van der Waals surface area contributed by atoms with Crippen LogP contribution in [-0.2, 0) is 13.1 Å². The number of fused-ring (bicyclic) bond motifs is 1. The van der Waals surface area contributed by atoms with E-state index in [4.69, 9.17) is 0 Å². The fraction of sp³-hybridized carbons (Fsp3) is 0.429. The van der Waals surface area contributed by atoms with Crippen molar-refractivity contribution in [2.24, 2.45) is 0 Å². The fourth-order valence-corrected chi connectivity index (χ4v) is 2.33. The lowest BCUT2D eigenvalue weighted by Gasteiger charge is -2.26. The number of hydrogen-bond acceptors (Lipinski definition) is 5. The second-order valence-electron chi connectivity index (χ2n) is 5.37. The molecule has 1 N–H and O–H groups in total. The van der Waals surface area contributed by atoms with Crippen molar-refractivity contribution in [1.29, 1.82) is 0 Å². The zero-order valence-corrected chi connectivity index (χ0v) is 12.2. The number of pyridine rings is 1. The molecule has 3 rings (SSSR count). The normalized spacial score (nSPS) is 14.1. The average molecular weight is 286 g/mol. The second kappa shape index (κ2) is 5.51. The summed E-state index contributed by atoms with van der Waals surface area (Å²) in [4.78, 5) is 18.7. The molecule has 1 aliphatic heterocycles. The first kappa shape index (κ1) is 13.5. The van der Waals surface area contributed by atoms with Gasteiger partial charge in [-0.3, -0.25) is 4.79 Å². The number of nitrogens with zero attached hydrogens (tertiary/aromatic N) is 5. The molecule has 3 heterocycles. The van der Waals surface area contributed by atoms with Crippen molar-refractivity contribution in [3.05, 3.63) is 36.0 Å². The summed E-state index contributed by atoms with van der Waals surface area (Å²) in [7, 11) is 0. The van der Waals surface area contributed by atoms with Crippen LogP contribution in [-0.4, -0.2) is 43.1 Å². The summed E-state index contributed by atoms with van der Waals surface area (Å²) in [5.41, 5.74) is 0.452. The molecule has 110 valence electrons. The van der Waals surface area contributed by atoms with Crippen LogP contribution in [0, 0.1) is 0 Å². The molecule has 0 saturated heterocycles. The summed E-state index contributed by atoms with van der Waals surface area (Å²) >= 11 is 0. The maximum atomic E-state index is 12.5. The first-order valence-electron chi connectivity index (χ1n) is 7.03. The van der Waals surface area contributed by atoms with E-state index in [1.807, 2.05) is 30.5 Å². The van der Waals surface area contributed by atoms with E-state index in [-0.39, 0.29) is 11.9 Å². The van der Waals surface area contributed by atoms with Gasteiger partial charge in [-0.25, -0.2) is 4.98 Å². The van der Waals surface area contributed by atoms with E-state index >= 15 is 0 Å². The molecule has 0 atom stereocenters. The van der Waals surface area contributed by atoms with E-state index in [1.165, 1.54) is 0 Å². The van der Waals surface area contributed by atoms with Gasteiger partial charge in [0, 0.05) is 19.1 Å². The largest absolute Gasteiger partial charge is 0.368 e. The number of hydrogen-bond donors (Lipinski definition) is 1. The number of carbonyl (C=O) groups is 1. The smallest absolute Gasteiger partial charge is 0.273 e. The second-order valence-corrected chi connectivity index (χ2v) is 5.37. The Bertz CT molecular complexity index is 650. The summed E-state index contributed by atoms with van der Waals surface area (Å²) in [6.07, 6.45) is 1.70. The van der Waals surface area contributed by atoms with Gasteiger partial charge in [-0.2, -0.15) is 0 Å². The molecular weight excluding hydrogens is 268 g/mol. The highest BCUT2D eigenvalue weighted by Gasteiger charge is 2.23. The molecule has 2 aromatic rings. The standard InChI is InChI=1S/C14H18N6O/c1-10(2)16-12-5-3-4-11(17-12)14(21)19-6-7-20-9-15-18-13(20)8-19/h3-5,9-10H,6-8H2,1-2H3,(H,16,17). The van der Waals surface area contributed by atoms with Crippen molar-refractivity contribution in [3.8, 4) is 0 Å². The molecule has 0 unspecified atom stereocenters. The third kappa shape index (κ3) is 2.86. The molecule has 0 aliphatic carbocycles. The first-order valence-corrected chi connectivity index (χ1v) is 7.03. The van der Waals surface area contributed by atoms with E-state index in [9.17, 15) is 4.79 Å². The molecule has 7 heteroatoms. The van der Waals surface area contributed by atoms with Crippen LogP contribution in [0.25, 0.3) is 0 Å². The Morgan fingerprint density at radius 3 is 3.00 bits per heavy atom. The van der Waals surface area contributed by atoms with Crippen LogP contribution in [0.2, 0.25) is 0 Å². The molecule has 0 bridgehead atoms. The molecule has 2 aromatic heterocycles. The molecule has 7 nitrogen and oxygen atoms in total. The van der Waals surface area contributed by atoms with Crippen LogP contribution in [0.1, 0.15) is 30.2 Å². The van der Waals surface area contributed by atoms with Gasteiger partial charge in [0.1, 0.15) is 17.8 Å². The van der Waals surface area contributed by atoms with Gasteiger partial charge in [-0.1, -0.05) is 6.07 Å². The van der Waals surface area contributed by atoms with Gasteiger partial charge in [-0.05, 0) is 26.0 Å². The molecule has 0 radical (unpaired) electrons. The molecule has 21 heavy (non-hydrogen) atoms. The van der Waals surface area contributed by atoms with Crippen LogP contribution in [0.4, 0.5) is 5.82 Å². The first-order chi connectivity index (χ1) is 10.1. The van der Waals surface area contributed by atoms with Crippen molar-refractivity contribution in [2.45, 2.75) is 33.0 Å². The van der Waals surface area contributed by atoms with Gasteiger partial charge in [0.25, 0.3) is 5.91 Å². The van der Waals surface area contributed by atoms with Gasteiger partial charge >= 0.3 is 0 Å². The van der Waals surface area contributed by atoms with Crippen molar-refractivity contribution in [2.75, 3.05) is 11.9 Å². The molecule has 0 saturated carbocycles. The van der Waals surface area contributed by atoms with Gasteiger partial charge < -0.3 is 14.8 Å². The predicted octanol–water partition coefficient (Wildman–Crippen LogP) is 1.15. The summed E-state index contributed by atoms with van der Waals surface area (Å²) in [5.74, 6) is 1.46. The number of nitrogens with one attached hydrogen (secondary N) is 1. The van der Waals surface area contributed by atoms with Crippen molar-refractivity contribution in [3.63, 3.8) is 0 Å². The monoisotopic (exact) mass is 286 g/mol. The highest BCUT2D eigenvalue weighted by Crippen LogP contribution is 2.14. The number of rotatable bonds is 3. The van der Waals surface area contributed by atoms with Crippen LogP contribution in [0.15, 0.2) is 24.5 Å². The molecular formula is C14H18N6O. The van der Waals surface area contributed by atoms with Gasteiger partial charge in [0.2, 0.25) is 0 Å². The highest BCUT2D eigenvalue weighted by atomic mass is 16.2. The topological polar surface area (TPSA) is 75.9 Å². The number of anilines is 1. The maximum absolute atomic E-state index is 12.5. The minimum absolute atomic E-state index is 0.0725. The van der Waals surface area contributed by atoms with Gasteiger partial charge in [0.05, 0.1) is 6.54 Å². The van der Waals surface area contributed by atoms with E-state index in [0.29, 0.717) is 18.8 Å². The Morgan fingerprint density at radius 2 is 2.19 bits per heavy atom. The Morgan fingerprint density at radius 1 is 1.33 bits per heavy atom. The van der Waals surface area contributed by atoms with E-state index in [1.54, 1.807) is 17.3 Å². The van der Waals surface area contributed by atoms with Crippen molar-refractivity contribution >= 4 is 11.7 Å². The van der Waals surface area contributed by atoms with E-state index in [2.05, 4.69) is 20.5 Å². The molecule has 0 aromatic carbocycles. The predicted molar refractivity (Wildman–Crippen MR) is 77.8 cm³/mol. The molecule has 1 aliphatic rings. The summed E-state index contributed by atoms with van der Waals surface area (Å²) < 4.78 is 1.97.